The van der Waals surface area contributed by atoms with Crippen molar-refractivity contribution in [3.8, 4) is 0 Å². The monoisotopic (exact) mass is 363 g/mol. The molecule has 0 aromatic heterocycles. The van der Waals surface area contributed by atoms with Crippen LogP contribution in [0.4, 0.5) is 23.2 Å². The molecule has 2 aromatic rings. The van der Waals surface area contributed by atoms with Crippen molar-refractivity contribution in [1.82, 2.24) is 0 Å². The van der Waals surface area contributed by atoms with Gasteiger partial charge in [-0.3, -0.25) is 4.72 Å². The van der Waals surface area contributed by atoms with E-state index in [9.17, 15) is 30.8 Å². The van der Waals surface area contributed by atoms with E-state index in [1.807, 2.05) is 4.72 Å². The highest BCUT2D eigenvalue weighted by atomic mass is 32.2. The van der Waals surface area contributed by atoms with Crippen molar-refractivity contribution in [2.45, 2.75) is 11.1 Å². The summed E-state index contributed by atoms with van der Waals surface area (Å²) in [7, 11) is -4.30. The summed E-state index contributed by atoms with van der Waals surface area (Å²) in [6, 6.07) is 5.19. The van der Waals surface area contributed by atoms with Gasteiger partial charge in [0, 0.05) is 0 Å². The van der Waals surface area contributed by atoms with Crippen LogP contribution >= 0.6 is 0 Å². The maximum Gasteiger partial charge on any atom is 0.416 e. The zero-order valence-corrected chi connectivity index (χ0v) is 12.5. The van der Waals surface area contributed by atoms with Crippen molar-refractivity contribution in [3.63, 3.8) is 0 Å². The Labute approximate surface area is 133 Å². The fourth-order valence-electron chi connectivity index (χ4n) is 1.80. The van der Waals surface area contributed by atoms with Crippen LogP contribution in [0.25, 0.3) is 0 Å². The lowest BCUT2D eigenvalue weighted by atomic mass is 10.1. The van der Waals surface area contributed by atoms with E-state index in [2.05, 4.69) is 0 Å². The molecule has 0 aliphatic heterocycles. The highest BCUT2D eigenvalue weighted by Gasteiger charge is 2.32. The first kappa shape index (κ1) is 17.7. The Bertz CT molecular complexity index is 877. The van der Waals surface area contributed by atoms with Gasteiger partial charge in [-0.1, -0.05) is 0 Å². The second-order valence-corrected chi connectivity index (χ2v) is 6.31. The molecule has 2 aromatic carbocycles. The Hall–Kier alpha value is -2.62. The number of halogens is 4. The number of hydrogen-bond donors (Lipinski definition) is 2. The first-order valence-corrected chi connectivity index (χ1v) is 7.72. The van der Waals surface area contributed by atoms with E-state index in [-0.39, 0.29) is 4.90 Å². The summed E-state index contributed by atoms with van der Waals surface area (Å²) in [6.45, 7) is 0. The molecule has 128 valence electrons. The van der Waals surface area contributed by atoms with Crippen molar-refractivity contribution >= 4 is 21.7 Å². The average Bonchev–Trinajstić information content (AvgIpc) is 2.46. The molecular weight excluding hydrogens is 354 g/mol. The maximum absolute atomic E-state index is 12.8. The van der Waals surface area contributed by atoms with Gasteiger partial charge < -0.3 is 5.11 Å². The average molecular weight is 363 g/mol. The molecule has 0 unspecified atom stereocenters. The van der Waals surface area contributed by atoms with Crippen molar-refractivity contribution < 1.29 is 35.9 Å². The van der Waals surface area contributed by atoms with Gasteiger partial charge in [-0.05, 0) is 42.5 Å². The smallest absolute Gasteiger partial charge is 0.416 e. The van der Waals surface area contributed by atoms with Crippen LogP contribution in [0.2, 0.25) is 0 Å². The van der Waals surface area contributed by atoms with Crippen molar-refractivity contribution in [2.75, 3.05) is 4.72 Å². The van der Waals surface area contributed by atoms with Crippen molar-refractivity contribution in [3.05, 3.63) is 59.4 Å². The predicted octanol–water partition coefficient (Wildman–Crippen LogP) is 3.34. The molecule has 0 heterocycles. The molecule has 0 aliphatic carbocycles. The molecule has 0 saturated carbocycles. The quantitative estimate of drug-likeness (QED) is 0.816. The Morgan fingerprint density at radius 3 is 2.12 bits per heavy atom. The van der Waals surface area contributed by atoms with Crippen molar-refractivity contribution in [2.24, 2.45) is 0 Å². The van der Waals surface area contributed by atoms with Gasteiger partial charge in [0.25, 0.3) is 10.0 Å². The predicted molar refractivity (Wildman–Crippen MR) is 75.6 cm³/mol. The van der Waals surface area contributed by atoms with E-state index in [0.717, 1.165) is 24.3 Å². The number of carbonyl (C=O) groups is 1. The number of aromatic carboxylic acids is 1. The van der Waals surface area contributed by atoms with Gasteiger partial charge in [0.2, 0.25) is 0 Å². The van der Waals surface area contributed by atoms with Gasteiger partial charge in [0.15, 0.2) is 0 Å². The number of benzene rings is 2. The molecule has 0 saturated heterocycles. The number of anilines is 1. The maximum atomic E-state index is 12.8. The molecule has 5 nitrogen and oxygen atoms in total. The van der Waals surface area contributed by atoms with E-state index in [1.165, 1.54) is 0 Å². The second kappa shape index (κ2) is 6.11. The Kier molecular flexibility index (Phi) is 4.52. The normalized spacial score (nSPS) is 12.0. The SMILES string of the molecule is O=C(O)c1cc(C(F)(F)F)ccc1NS(=O)(=O)c1ccc(F)cc1. The largest absolute Gasteiger partial charge is 0.478 e. The van der Waals surface area contributed by atoms with Crippen LogP contribution in [0.15, 0.2) is 47.4 Å². The minimum Gasteiger partial charge on any atom is -0.478 e. The highest BCUT2D eigenvalue weighted by molar-refractivity contribution is 7.92. The number of nitrogens with one attached hydrogen (secondary N) is 1. The Morgan fingerprint density at radius 2 is 1.62 bits per heavy atom. The third kappa shape index (κ3) is 3.82. The topological polar surface area (TPSA) is 83.5 Å². The number of hydrogen-bond acceptors (Lipinski definition) is 3. The number of rotatable bonds is 4. The first-order valence-electron chi connectivity index (χ1n) is 6.23. The van der Waals surface area contributed by atoms with Gasteiger partial charge in [0.05, 0.1) is 21.7 Å². The standard InChI is InChI=1S/C14H9F4NO4S/c15-9-2-4-10(5-3-9)24(22,23)19-12-6-1-8(14(16,17)18)7-11(12)13(20)21/h1-7,19H,(H,20,21). The zero-order valence-electron chi connectivity index (χ0n) is 11.6. The molecule has 10 heteroatoms. The first-order chi connectivity index (χ1) is 11.0. The fourth-order valence-corrected chi connectivity index (χ4v) is 2.88. The van der Waals surface area contributed by atoms with Crippen LogP contribution in [0, 0.1) is 5.82 Å². The minimum absolute atomic E-state index is 0.324. The fraction of sp³-hybridized carbons (Fsp3) is 0.0714. The summed E-state index contributed by atoms with van der Waals surface area (Å²) in [5.74, 6) is -2.42. The summed E-state index contributed by atoms with van der Waals surface area (Å²) in [6.07, 6.45) is -4.78. The van der Waals surface area contributed by atoms with Crippen molar-refractivity contribution in [1.29, 1.82) is 0 Å². The molecule has 0 amide bonds. The molecule has 0 aliphatic rings. The Balaban J connectivity index is 2.45. The van der Waals surface area contributed by atoms with Crippen LogP contribution in [-0.4, -0.2) is 19.5 Å². The number of sulfonamides is 1. The molecule has 0 radical (unpaired) electrons. The number of alkyl halides is 3. The zero-order chi connectivity index (χ0) is 18.1. The van der Waals surface area contributed by atoms with Gasteiger partial charge in [-0.15, -0.1) is 0 Å². The van der Waals surface area contributed by atoms with Crippen LogP contribution in [0.5, 0.6) is 0 Å². The highest BCUT2D eigenvalue weighted by Crippen LogP contribution is 2.32. The molecule has 0 atom stereocenters. The van der Waals surface area contributed by atoms with Gasteiger partial charge in [-0.25, -0.2) is 17.6 Å². The van der Waals surface area contributed by atoms with E-state index in [4.69, 9.17) is 5.11 Å². The second-order valence-electron chi connectivity index (χ2n) is 4.62. The third-order valence-electron chi connectivity index (χ3n) is 2.95. The third-order valence-corrected chi connectivity index (χ3v) is 4.33. The Morgan fingerprint density at radius 1 is 1.04 bits per heavy atom. The summed E-state index contributed by atoms with van der Waals surface area (Å²) in [4.78, 5) is 10.7. The molecule has 24 heavy (non-hydrogen) atoms. The van der Waals surface area contributed by atoms with E-state index < -0.39 is 44.8 Å². The van der Waals surface area contributed by atoms with E-state index in [0.29, 0.717) is 18.2 Å². The lowest BCUT2D eigenvalue weighted by Gasteiger charge is -2.13. The van der Waals surface area contributed by atoms with Gasteiger partial charge >= 0.3 is 12.1 Å². The number of carboxylic acids is 1. The van der Waals surface area contributed by atoms with Crippen LogP contribution in [-0.2, 0) is 16.2 Å². The van der Waals surface area contributed by atoms with Gasteiger partial charge in [-0.2, -0.15) is 13.2 Å². The summed E-state index contributed by atoms with van der Waals surface area (Å²) in [5.41, 5.74) is -2.64. The van der Waals surface area contributed by atoms with Gasteiger partial charge in [0.1, 0.15) is 5.82 Å². The molecule has 0 fully saturated rings. The van der Waals surface area contributed by atoms with Crippen LogP contribution in [0.1, 0.15) is 15.9 Å². The van der Waals surface area contributed by atoms with E-state index in [1.54, 1.807) is 0 Å². The van der Waals surface area contributed by atoms with E-state index >= 15 is 0 Å². The minimum atomic E-state index is -4.78. The molecule has 2 rings (SSSR count). The number of carboxylic acid groups (broad SMARTS) is 1. The molecule has 2 N–H and O–H groups in total. The summed E-state index contributed by atoms with van der Waals surface area (Å²) < 4.78 is 76.9. The summed E-state index contributed by atoms with van der Waals surface area (Å²) >= 11 is 0. The summed E-state index contributed by atoms with van der Waals surface area (Å²) in [5, 5.41) is 9.01. The molecular formula is C14H9F4NO4S. The molecule has 0 bridgehead atoms. The van der Waals surface area contributed by atoms with Crippen LogP contribution < -0.4 is 4.72 Å². The van der Waals surface area contributed by atoms with Crippen LogP contribution in [0.3, 0.4) is 0 Å². The lowest BCUT2D eigenvalue weighted by Crippen LogP contribution is -2.16. The molecule has 0 spiro atoms. The lowest BCUT2D eigenvalue weighted by molar-refractivity contribution is -0.137.